The van der Waals surface area contributed by atoms with E-state index < -0.39 is 0 Å². The second-order valence-electron chi connectivity index (χ2n) is 6.72. The molecule has 2 atom stereocenters. The molecule has 0 bridgehead atoms. The largest absolute Gasteiger partial charge is 0.469 e. The molecule has 22 heavy (non-hydrogen) atoms. The first-order valence-corrected chi connectivity index (χ1v) is 7.37. The van der Waals surface area contributed by atoms with Crippen LogP contribution in [-0.4, -0.2) is 10.5 Å². The molecule has 0 aliphatic heterocycles. The maximum absolute atomic E-state index is 12.4. The predicted octanol–water partition coefficient (Wildman–Crippen LogP) is 3.45. The molecule has 3 rings (SSSR count). The Kier molecular flexibility index (Phi) is 3.32. The van der Waals surface area contributed by atoms with E-state index in [4.69, 9.17) is 9.68 Å². The standard InChI is InChI=1S/C17H19N3O2/c1-17(2,3)20-10-11(9-18)7-15(20)19-16(21)13-8-12(13)14-5-4-6-22-14/h4-7,10,12-13H,8H2,1-3H3,(H,19,21)/t12-,13-/m0/s1. The van der Waals surface area contributed by atoms with Gasteiger partial charge in [0.15, 0.2) is 0 Å². The van der Waals surface area contributed by atoms with Gasteiger partial charge < -0.3 is 14.3 Å². The third kappa shape index (κ3) is 2.64. The van der Waals surface area contributed by atoms with Gasteiger partial charge in [-0.25, -0.2) is 0 Å². The zero-order valence-electron chi connectivity index (χ0n) is 13.0. The first kappa shape index (κ1) is 14.5. The lowest BCUT2D eigenvalue weighted by molar-refractivity contribution is -0.117. The van der Waals surface area contributed by atoms with Gasteiger partial charge in [0, 0.05) is 23.6 Å². The van der Waals surface area contributed by atoms with Gasteiger partial charge in [0.1, 0.15) is 17.6 Å². The van der Waals surface area contributed by atoms with Gasteiger partial charge in [-0.1, -0.05) is 0 Å². The van der Waals surface area contributed by atoms with Crippen molar-refractivity contribution in [1.82, 2.24) is 4.57 Å². The summed E-state index contributed by atoms with van der Waals surface area (Å²) in [5.74, 6) is 1.63. The molecule has 1 aliphatic carbocycles. The van der Waals surface area contributed by atoms with Gasteiger partial charge >= 0.3 is 0 Å². The summed E-state index contributed by atoms with van der Waals surface area (Å²) < 4.78 is 7.28. The Bertz CT molecular complexity index is 729. The van der Waals surface area contributed by atoms with E-state index in [1.165, 1.54) is 0 Å². The summed E-state index contributed by atoms with van der Waals surface area (Å²) >= 11 is 0. The number of furan rings is 1. The molecule has 0 aromatic carbocycles. The van der Waals surface area contributed by atoms with Gasteiger partial charge in [0.25, 0.3) is 0 Å². The van der Waals surface area contributed by atoms with Gasteiger partial charge in [-0.05, 0) is 45.4 Å². The van der Waals surface area contributed by atoms with Crippen molar-refractivity contribution in [2.45, 2.75) is 38.6 Å². The first-order chi connectivity index (χ1) is 10.4. The lowest BCUT2D eigenvalue weighted by Gasteiger charge is -2.24. The first-order valence-electron chi connectivity index (χ1n) is 7.37. The average Bonchev–Trinajstić information content (AvgIpc) is 2.88. The molecule has 2 aromatic rings. The molecule has 0 radical (unpaired) electrons. The monoisotopic (exact) mass is 297 g/mol. The Morgan fingerprint density at radius 2 is 2.27 bits per heavy atom. The van der Waals surface area contributed by atoms with Crippen LogP contribution in [0, 0.1) is 17.2 Å². The van der Waals surface area contributed by atoms with Crippen LogP contribution in [0.5, 0.6) is 0 Å². The maximum atomic E-state index is 12.4. The molecule has 2 heterocycles. The highest BCUT2D eigenvalue weighted by molar-refractivity contribution is 5.94. The highest BCUT2D eigenvalue weighted by Gasteiger charge is 2.46. The van der Waals surface area contributed by atoms with Crippen LogP contribution in [0.15, 0.2) is 35.1 Å². The highest BCUT2D eigenvalue weighted by Crippen LogP contribution is 2.48. The van der Waals surface area contributed by atoms with Crippen molar-refractivity contribution < 1.29 is 9.21 Å². The second kappa shape index (κ2) is 5.06. The van der Waals surface area contributed by atoms with Crippen LogP contribution < -0.4 is 5.32 Å². The number of rotatable bonds is 3. The number of nitrogens with one attached hydrogen (secondary N) is 1. The van der Waals surface area contributed by atoms with Crippen molar-refractivity contribution in [2.24, 2.45) is 5.92 Å². The number of carbonyl (C=O) groups excluding carboxylic acids is 1. The van der Waals surface area contributed by atoms with Gasteiger partial charge in [0.05, 0.1) is 11.8 Å². The molecule has 1 amide bonds. The molecule has 5 heteroatoms. The zero-order valence-corrected chi connectivity index (χ0v) is 13.0. The predicted molar refractivity (Wildman–Crippen MR) is 82.3 cm³/mol. The second-order valence-corrected chi connectivity index (χ2v) is 6.72. The number of aromatic nitrogens is 1. The molecule has 5 nitrogen and oxygen atoms in total. The topological polar surface area (TPSA) is 71.0 Å². The summed E-state index contributed by atoms with van der Waals surface area (Å²) in [4.78, 5) is 12.4. The smallest absolute Gasteiger partial charge is 0.229 e. The molecule has 0 unspecified atom stereocenters. The van der Waals surface area contributed by atoms with E-state index >= 15 is 0 Å². The summed E-state index contributed by atoms with van der Waals surface area (Å²) in [5.41, 5.74) is 0.338. The van der Waals surface area contributed by atoms with Crippen molar-refractivity contribution in [3.05, 3.63) is 42.0 Å². The van der Waals surface area contributed by atoms with E-state index in [-0.39, 0.29) is 23.3 Å². The number of anilines is 1. The third-order valence-electron chi connectivity index (χ3n) is 3.96. The van der Waals surface area contributed by atoms with Crippen LogP contribution in [0.1, 0.15) is 44.4 Å². The van der Waals surface area contributed by atoms with Crippen LogP contribution >= 0.6 is 0 Å². The Morgan fingerprint density at radius 3 is 2.86 bits per heavy atom. The fraction of sp³-hybridized carbons (Fsp3) is 0.412. The lowest BCUT2D eigenvalue weighted by atomic mass is 10.1. The number of carbonyl (C=O) groups is 1. The van der Waals surface area contributed by atoms with Crippen molar-refractivity contribution in [2.75, 3.05) is 5.32 Å². The quantitative estimate of drug-likeness (QED) is 0.943. The fourth-order valence-corrected chi connectivity index (χ4v) is 2.70. The van der Waals surface area contributed by atoms with Crippen molar-refractivity contribution >= 4 is 11.7 Å². The number of nitrogens with zero attached hydrogens (tertiary/aromatic N) is 2. The Hall–Kier alpha value is -2.48. The minimum Gasteiger partial charge on any atom is -0.469 e. The summed E-state index contributed by atoms with van der Waals surface area (Å²) in [6.07, 6.45) is 4.21. The van der Waals surface area contributed by atoms with Crippen LogP contribution in [0.25, 0.3) is 0 Å². The van der Waals surface area contributed by atoms with Crippen molar-refractivity contribution in [3.63, 3.8) is 0 Å². The molecular weight excluding hydrogens is 278 g/mol. The van der Waals surface area contributed by atoms with E-state index in [1.807, 2.05) is 37.5 Å². The van der Waals surface area contributed by atoms with Crippen molar-refractivity contribution in [3.8, 4) is 6.07 Å². The number of hydrogen-bond acceptors (Lipinski definition) is 3. The van der Waals surface area contributed by atoms with E-state index in [0.717, 1.165) is 12.2 Å². The van der Waals surface area contributed by atoms with Gasteiger partial charge in [-0.2, -0.15) is 5.26 Å². The van der Waals surface area contributed by atoms with Crippen LogP contribution in [0.4, 0.5) is 5.82 Å². The maximum Gasteiger partial charge on any atom is 0.229 e. The molecule has 0 saturated heterocycles. The van der Waals surface area contributed by atoms with E-state index in [2.05, 4.69) is 11.4 Å². The Balaban J connectivity index is 1.75. The van der Waals surface area contributed by atoms with E-state index in [0.29, 0.717) is 11.4 Å². The molecule has 2 aromatic heterocycles. The van der Waals surface area contributed by atoms with Crippen LogP contribution in [-0.2, 0) is 10.3 Å². The molecule has 114 valence electrons. The third-order valence-corrected chi connectivity index (χ3v) is 3.96. The van der Waals surface area contributed by atoms with E-state index in [1.54, 1.807) is 18.5 Å². The molecule has 1 saturated carbocycles. The normalized spacial score (nSPS) is 20.5. The van der Waals surface area contributed by atoms with E-state index in [9.17, 15) is 4.79 Å². The minimum atomic E-state index is -0.207. The average molecular weight is 297 g/mol. The van der Waals surface area contributed by atoms with Gasteiger partial charge in [-0.3, -0.25) is 4.79 Å². The van der Waals surface area contributed by atoms with Gasteiger partial charge in [0.2, 0.25) is 5.91 Å². The van der Waals surface area contributed by atoms with Crippen LogP contribution in [0.3, 0.4) is 0 Å². The Labute approximate surface area is 129 Å². The highest BCUT2D eigenvalue weighted by atomic mass is 16.3. The molecule has 1 fully saturated rings. The van der Waals surface area contributed by atoms with Gasteiger partial charge in [-0.15, -0.1) is 0 Å². The summed E-state index contributed by atoms with van der Waals surface area (Å²) in [6, 6.07) is 7.58. The number of amides is 1. The minimum absolute atomic E-state index is 0.0190. The number of hydrogen-bond donors (Lipinski definition) is 1. The summed E-state index contributed by atoms with van der Waals surface area (Å²) in [7, 11) is 0. The molecule has 1 N–H and O–H groups in total. The molecule has 0 spiro atoms. The van der Waals surface area contributed by atoms with Crippen LogP contribution in [0.2, 0.25) is 0 Å². The summed E-state index contributed by atoms with van der Waals surface area (Å²) in [6.45, 7) is 6.10. The fourth-order valence-electron chi connectivity index (χ4n) is 2.70. The molecular formula is C17H19N3O2. The zero-order chi connectivity index (χ0) is 15.9. The molecule has 1 aliphatic rings. The SMILES string of the molecule is CC(C)(C)n1cc(C#N)cc1NC(=O)[C@H]1C[C@@H]1c1ccco1. The Morgan fingerprint density at radius 1 is 1.50 bits per heavy atom. The van der Waals surface area contributed by atoms with Crippen molar-refractivity contribution in [1.29, 1.82) is 5.26 Å². The number of nitriles is 1. The lowest BCUT2D eigenvalue weighted by Crippen LogP contribution is -2.25. The summed E-state index contributed by atoms with van der Waals surface area (Å²) in [5, 5.41) is 12.0.